The van der Waals surface area contributed by atoms with Crippen molar-refractivity contribution in [1.82, 2.24) is 0 Å². The number of rotatable bonds is 0. The largest absolute Gasteiger partial charge is 0.457 e. The maximum absolute atomic E-state index is 10.8. The number of ether oxygens (including phenoxy) is 1. The lowest BCUT2D eigenvalue weighted by Gasteiger charge is -1.87. The van der Waals surface area contributed by atoms with E-state index in [1.54, 1.807) is 6.07 Å². The van der Waals surface area contributed by atoms with Crippen LogP contribution in [0.2, 0.25) is 0 Å². The third kappa shape index (κ3) is 0.620. The second-order valence-electron chi connectivity index (χ2n) is 2.23. The van der Waals surface area contributed by atoms with Crippen LogP contribution in [-0.2, 0) is 11.3 Å². The lowest BCUT2D eigenvalue weighted by atomic mass is 10.1. The van der Waals surface area contributed by atoms with Gasteiger partial charge < -0.3 is 4.74 Å². The van der Waals surface area contributed by atoms with Crippen LogP contribution in [0.15, 0.2) is 24.3 Å². The maximum atomic E-state index is 10.8. The molecule has 0 spiro atoms. The fourth-order valence-corrected chi connectivity index (χ4v) is 1.07. The summed E-state index contributed by atoms with van der Waals surface area (Å²) in [5.41, 5.74) is 1.70. The standard InChI is InChI=1S/C8H6O2/c9-8-7-4-2-1-3-6(7)5-10-8/h1-4H,5H2/i9+2. The summed E-state index contributed by atoms with van der Waals surface area (Å²) in [6, 6.07) is 7.43. The molecule has 2 nitrogen and oxygen atoms in total. The second-order valence-corrected chi connectivity index (χ2v) is 2.23. The van der Waals surface area contributed by atoms with Gasteiger partial charge in [0.15, 0.2) is 0 Å². The van der Waals surface area contributed by atoms with Crippen molar-refractivity contribution in [3.63, 3.8) is 0 Å². The molecule has 2 rings (SSSR count). The molecule has 0 fully saturated rings. The van der Waals surface area contributed by atoms with Crippen LogP contribution in [0.3, 0.4) is 0 Å². The van der Waals surface area contributed by atoms with E-state index in [1.165, 1.54) is 0 Å². The zero-order valence-electron chi connectivity index (χ0n) is 5.33. The third-order valence-electron chi connectivity index (χ3n) is 1.60. The van der Waals surface area contributed by atoms with E-state index in [-0.39, 0.29) is 5.97 Å². The van der Waals surface area contributed by atoms with Crippen LogP contribution >= 0.6 is 0 Å². The number of carbonyl (C=O) groups excluding carboxylic acids is 1. The van der Waals surface area contributed by atoms with Crippen molar-refractivity contribution in [3.8, 4) is 0 Å². The Morgan fingerprint density at radius 2 is 2.10 bits per heavy atom. The van der Waals surface area contributed by atoms with Gasteiger partial charge in [-0.15, -0.1) is 0 Å². The summed E-state index contributed by atoms with van der Waals surface area (Å²) in [6.07, 6.45) is 0. The summed E-state index contributed by atoms with van der Waals surface area (Å²) in [4.78, 5) is 10.8. The molecule has 50 valence electrons. The molecule has 1 aromatic rings. The maximum Gasteiger partial charge on any atom is 0.338 e. The molecule has 1 heterocycles. The predicted molar refractivity (Wildman–Crippen MR) is 35.6 cm³/mol. The van der Waals surface area contributed by atoms with Crippen LogP contribution in [0, 0.1) is 0 Å². The number of hydrogen-bond donors (Lipinski definition) is 0. The van der Waals surface area contributed by atoms with Gasteiger partial charge in [-0.3, -0.25) is 0 Å². The highest BCUT2D eigenvalue weighted by atomic mass is 18.1. The van der Waals surface area contributed by atoms with Crippen LogP contribution in [0.1, 0.15) is 15.9 Å². The third-order valence-corrected chi connectivity index (χ3v) is 1.60. The lowest BCUT2D eigenvalue weighted by Crippen LogP contribution is -1.91. The number of cyclic esters (lactones) is 1. The molecule has 0 aromatic heterocycles. The molecule has 0 saturated heterocycles. The minimum Gasteiger partial charge on any atom is -0.457 e. The normalized spacial score (nSPS) is 14.6. The molecular weight excluding hydrogens is 130 g/mol. The van der Waals surface area contributed by atoms with Crippen molar-refractivity contribution in [1.29, 1.82) is 0 Å². The van der Waals surface area contributed by atoms with Crippen molar-refractivity contribution in [2.75, 3.05) is 0 Å². The Morgan fingerprint density at radius 3 is 2.90 bits per heavy atom. The SMILES string of the molecule is [18O]=C1OCc2ccccc21. The van der Waals surface area contributed by atoms with E-state index in [0.29, 0.717) is 12.2 Å². The number of benzene rings is 1. The topological polar surface area (TPSA) is 26.3 Å². The van der Waals surface area contributed by atoms with Gasteiger partial charge in [0.2, 0.25) is 0 Å². The van der Waals surface area contributed by atoms with Crippen LogP contribution in [0.25, 0.3) is 0 Å². The molecule has 0 radical (unpaired) electrons. The Morgan fingerprint density at radius 1 is 1.30 bits per heavy atom. The number of carbonyl (C=O) groups is 1. The Hall–Kier alpha value is -1.31. The van der Waals surface area contributed by atoms with Gasteiger partial charge in [0.1, 0.15) is 6.61 Å². The zero-order valence-corrected chi connectivity index (χ0v) is 5.33. The predicted octanol–water partition coefficient (Wildman–Crippen LogP) is 1.36. The highest BCUT2D eigenvalue weighted by Gasteiger charge is 2.18. The highest BCUT2D eigenvalue weighted by Crippen LogP contribution is 2.17. The fraction of sp³-hybridized carbons (Fsp3) is 0.125. The van der Waals surface area contributed by atoms with Gasteiger partial charge in [-0.2, -0.15) is 0 Å². The van der Waals surface area contributed by atoms with E-state index in [9.17, 15) is 4.79 Å². The van der Waals surface area contributed by atoms with Crippen molar-refractivity contribution >= 4 is 5.97 Å². The molecule has 0 amide bonds. The molecule has 1 aliphatic rings. The number of fused-ring (bicyclic) bond motifs is 1. The van der Waals surface area contributed by atoms with Crippen LogP contribution in [0.5, 0.6) is 0 Å². The molecule has 0 unspecified atom stereocenters. The van der Waals surface area contributed by atoms with Crippen LogP contribution in [0.4, 0.5) is 0 Å². The summed E-state index contributed by atoms with van der Waals surface area (Å²) in [5, 5.41) is 0. The molecule has 0 aliphatic carbocycles. The van der Waals surface area contributed by atoms with Gasteiger partial charge in [0, 0.05) is 5.56 Å². The molecule has 0 bridgehead atoms. The molecule has 1 aromatic carbocycles. The molecule has 2 heteroatoms. The second kappa shape index (κ2) is 1.84. The van der Waals surface area contributed by atoms with E-state index in [0.717, 1.165) is 5.56 Å². The van der Waals surface area contributed by atoms with Crippen molar-refractivity contribution in [2.24, 2.45) is 0 Å². The van der Waals surface area contributed by atoms with Gasteiger partial charge in [-0.1, -0.05) is 18.2 Å². The number of hydrogen-bond acceptors (Lipinski definition) is 2. The van der Waals surface area contributed by atoms with Gasteiger partial charge in [-0.25, -0.2) is 4.79 Å². The summed E-state index contributed by atoms with van der Waals surface area (Å²) in [6.45, 7) is 0.439. The van der Waals surface area contributed by atoms with Crippen LogP contribution < -0.4 is 0 Å². The Labute approximate surface area is 58.4 Å². The van der Waals surface area contributed by atoms with Gasteiger partial charge in [0.05, 0.1) is 5.56 Å². The number of esters is 1. The lowest BCUT2D eigenvalue weighted by molar-refractivity contribution is 0.0535. The quantitative estimate of drug-likeness (QED) is 0.397. The minimum absolute atomic E-state index is 0.199. The van der Waals surface area contributed by atoms with Gasteiger partial charge in [-0.05, 0) is 6.07 Å². The van der Waals surface area contributed by atoms with Crippen molar-refractivity contribution in [3.05, 3.63) is 35.4 Å². The minimum atomic E-state index is -0.199. The highest BCUT2D eigenvalue weighted by molar-refractivity contribution is 5.93. The Bertz CT molecular complexity index is 278. The van der Waals surface area contributed by atoms with Gasteiger partial charge in [0.25, 0.3) is 0 Å². The van der Waals surface area contributed by atoms with Crippen molar-refractivity contribution in [2.45, 2.75) is 6.61 Å². The summed E-state index contributed by atoms with van der Waals surface area (Å²) < 4.78 is 4.78. The van der Waals surface area contributed by atoms with E-state index in [1.807, 2.05) is 18.2 Å². The first-order chi connectivity index (χ1) is 4.88. The molecule has 0 saturated carbocycles. The molecule has 0 atom stereocenters. The molecule has 10 heavy (non-hydrogen) atoms. The average Bonchev–Trinajstić information content (AvgIpc) is 2.34. The van der Waals surface area contributed by atoms with E-state index < -0.39 is 0 Å². The first-order valence-corrected chi connectivity index (χ1v) is 3.13. The zero-order chi connectivity index (χ0) is 6.97. The Kier molecular flexibility index (Phi) is 1.01. The van der Waals surface area contributed by atoms with E-state index in [2.05, 4.69) is 0 Å². The average molecular weight is 136 g/mol. The first-order valence-electron chi connectivity index (χ1n) is 3.13. The van der Waals surface area contributed by atoms with E-state index >= 15 is 0 Å². The summed E-state index contributed by atoms with van der Waals surface area (Å²) >= 11 is 0. The molecule has 1 aliphatic heterocycles. The smallest absolute Gasteiger partial charge is 0.338 e. The monoisotopic (exact) mass is 136 g/mol. The first kappa shape index (κ1) is 5.47. The summed E-state index contributed by atoms with van der Waals surface area (Å²) in [7, 11) is 0. The Balaban J connectivity index is 2.61. The molecule has 0 N–H and O–H groups in total. The summed E-state index contributed by atoms with van der Waals surface area (Å²) in [5.74, 6) is -0.199. The van der Waals surface area contributed by atoms with E-state index in [4.69, 9.17) is 4.74 Å². The van der Waals surface area contributed by atoms with Gasteiger partial charge >= 0.3 is 5.97 Å². The fourth-order valence-electron chi connectivity index (χ4n) is 1.07. The van der Waals surface area contributed by atoms with Crippen LogP contribution in [-0.4, -0.2) is 5.97 Å². The molecular formula is C8H6O2. The van der Waals surface area contributed by atoms with Crippen molar-refractivity contribution < 1.29 is 9.53 Å².